The molecule has 2 heterocycles. The molecule has 1 aromatic rings. The van der Waals surface area contributed by atoms with E-state index >= 15 is 0 Å². The third-order valence-electron chi connectivity index (χ3n) is 4.75. The highest BCUT2D eigenvalue weighted by Gasteiger charge is 2.30. The van der Waals surface area contributed by atoms with Gasteiger partial charge in [0.2, 0.25) is 0 Å². The second kappa shape index (κ2) is 5.39. The van der Waals surface area contributed by atoms with Gasteiger partial charge in [-0.2, -0.15) is 0 Å². The molecule has 0 aromatic carbocycles. The normalized spacial score (nSPS) is 26.8. The summed E-state index contributed by atoms with van der Waals surface area (Å²) in [6.45, 7) is 5.35. The molecule has 0 bridgehead atoms. The van der Waals surface area contributed by atoms with Crippen LogP contribution in [0.2, 0.25) is 0 Å². The molecule has 0 spiro atoms. The van der Waals surface area contributed by atoms with Crippen LogP contribution in [0, 0.1) is 18.8 Å². The largest absolute Gasteiger partial charge is 0.297 e. The predicted octanol–water partition coefficient (Wildman–Crippen LogP) is 2.78. The van der Waals surface area contributed by atoms with Gasteiger partial charge in [-0.3, -0.25) is 4.90 Å². The van der Waals surface area contributed by atoms with Crippen molar-refractivity contribution in [2.75, 3.05) is 13.1 Å². The number of hydrogen-bond donors (Lipinski definition) is 0. The van der Waals surface area contributed by atoms with E-state index in [4.69, 9.17) is 4.63 Å². The lowest BCUT2D eigenvalue weighted by Crippen LogP contribution is -2.24. The number of nitrogens with zero attached hydrogens (tertiary/aromatic N) is 3. The molecule has 1 unspecified atom stereocenters. The maximum Gasteiger partial charge on any atom is 0.122 e. The standard InChI is InChI=1S/C14H23N3O/c1-11-14(16-18-15-11)10-17-8-7-13(9-17)12-5-3-2-4-6-12/h12-13H,2-10H2,1H3. The van der Waals surface area contributed by atoms with Crippen LogP contribution in [-0.4, -0.2) is 28.3 Å². The van der Waals surface area contributed by atoms with Crippen molar-refractivity contribution in [3.8, 4) is 0 Å². The molecule has 0 N–H and O–H groups in total. The van der Waals surface area contributed by atoms with E-state index < -0.39 is 0 Å². The summed E-state index contributed by atoms with van der Waals surface area (Å²) < 4.78 is 4.77. The molecule has 4 nitrogen and oxygen atoms in total. The highest BCUT2D eigenvalue weighted by atomic mass is 16.6. The molecular weight excluding hydrogens is 226 g/mol. The van der Waals surface area contributed by atoms with Crippen molar-refractivity contribution in [2.24, 2.45) is 11.8 Å². The van der Waals surface area contributed by atoms with Gasteiger partial charge in [-0.15, -0.1) is 0 Å². The quantitative estimate of drug-likeness (QED) is 0.826. The Morgan fingerprint density at radius 2 is 1.94 bits per heavy atom. The van der Waals surface area contributed by atoms with E-state index in [-0.39, 0.29) is 0 Å². The average Bonchev–Trinajstić information content (AvgIpc) is 3.02. The first-order valence-electron chi connectivity index (χ1n) is 7.33. The second-order valence-corrected chi connectivity index (χ2v) is 5.98. The summed E-state index contributed by atoms with van der Waals surface area (Å²) in [5.74, 6) is 1.91. The molecule has 0 amide bonds. The Kier molecular flexibility index (Phi) is 3.64. The van der Waals surface area contributed by atoms with Gasteiger partial charge in [0.15, 0.2) is 0 Å². The van der Waals surface area contributed by atoms with Crippen LogP contribution in [0.1, 0.15) is 49.9 Å². The minimum Gasteiger partial charge on any atom is -0.297 e. The van der Waals surface area contributed by atoms with E-state index in [1.165, 1.54) is 51.6 Å². The first-order chi connectivity index (χ1) is 8.83. The summed E-state index contributed by atoms with van der Waals surface area (Å²) in [5, 5.41) is 7.84. The molecule has 1 saturated heterocycles. The molecule has 2 aliphatic rings. The molecule has 1 aliphatic heterocycles. The van der Waals surface area contributed by atoms with E-state index in [0.717, 1.165) is 29.8 Å². The number of aromatic nitrogens is 2. The van der Waals surface area contributed by atoms with Gasteiger partial charge >= 0.3 is 0 Å². The summed E-state index contributed by atoms with van der Waals surface area (Å²) in [6.07, 6.45) is 8.65. The minimum absolute atomic E-state index is 0.915. The van der Waals surface area contributed by atoms with Gasteiger partial charge in [0.25, 0.3) is 0 Å². The van der Waals surface area contributed by atoms with Gasteiger partial charge < -0.3 is 0 Å². The summed E-state index contributed by atoms with van der Waals surface area (Å²) in [5.41, 5.74) is 1.95. The first-order valence-corrected chi connectivity index (χ1v) is 7.33. The van der Waals surface area contributed by atoms with Gasteiger partial charge in [-0.1, -0.05) is 42.4 Å². The van der Waals surface area contributed by atoms with E-state index in [1.807, 2.05) is 6.92 Å². The molecule has 4 heteroatoms. The molecule has 1 aromatic heterocycles. The van der Waals surface area contributed by atoms with Crippen molar-refractivity contribution in [2.45, 2.75) is 52.0 Å². The van der Waals surface area contributed by atoms with Crippen molar-refractivity contribution in [1.82, 2.24) is 15.2 Å². The summed E-state index contributed by atoms with van der Waals surface area (Å²) in [7, 11) is 0. The van der Waals surface area contributed by atoms with Crippen LogP contribution in [0.5, 0.6) is 0 Å². The second-order valence-electron chi connectivity index (χ2n) is 5.98. The molecule has 0 radical (unpaired) electrons. The van der Waals surface area contributed by atoms with Crippen molar-refractivity contribution in [3.05, 3.63) is 11.4 Å². The highest BCUT2D eigenvalue weighted by Crippen LogP contribution is 2.35. The van der Waals surface area contributed by atoms with Crippen molar-refractivity contribution in [1.29, 1.82) is 0 Å². The summed E-state index contributed by atoms with van der Waals surface area (Å²) >= 11 is 0. The van der Waals surface area contributed by atoms with Crippen LogP contribution in [0.4, 0.5) is 0 Å². The zero-order valence-corrected chi connectivity index (χ0v) is 11.3. The van der Waals surface area contributed by atoms with Crippen LogP contribution in [0.3, 0.4) is 0 Å². The highest BCUT2D eigenvalue weighted by molar-refractivity contribution is 5.04. The topological polar surface area (TPSA) is 42.2 Å². The molecule has 18 heavy (non-hydrogen) atoms. The van der Waals surface area contributed by atoms with Crippen LogP contribution < -0.4 is 0 Å². The lowest BCUT2D eigenvalue weighted by molar-refractivity contribution is 0.230. The molecule has 1 saturated carbocycles. The maximum absolute atomic E-state index is 4.77. The molecule has 1 aliphatic carbocycles. The zero-order chi connectivity index (χ0) is 12.4. The number of hydrogen-bond acceptors (Lipinski definition) is 4. The zero-order valence-electron chi connectivity index (χ0n) is 11.3. The SMILES string of the molecule is Cc1nonc1CN1CCC(C2CCCCC2)C1. The van der Waals surface area contributed by atoms with E-state index in [1.54, 1.807) is 0 Å². The monoisotopic (exact) mass is 249 g/mol. The third kappa shape index (κ3) is 2.58. The Labute approximate surface area is 109 Å². The van der Waals surface area contributed by atoms with Crippen LogP contribution in [-0.2, 0) is 6.54 Å². The Bertz CT molecular complexity index is 384. The predicted molar refractivity (Wildman–Crippen MR) is 69.0 cm³/mol. The molecule has 2 fully saturated rings. The van der Waals surface area contributed by atoms with Crippen LogP contribution >= 0.6 is 0 Å². The molecule has 100 valence electrons. The third-order valence-corrected chi connectivity index (χ3v) is 4.75. The maximum atomic E-state index is 4.77. The van der Waals surface area contributed by atoms with Gasteiger partial charge in [-0.25, -0.2) is 4.63 Å². The summed E-state index contributed by atoms with van der Waals surface area (Å²) in [4.78, 5) is 2.52. The molecule has 3 rings (SSSR count). The molecular formula is C14H23N3O. The van der Waals surface area contributed by atoms with Crippen molar-refractivity contribution in [3.63, 3.8) is 0 Å². The Morgan fingerprint density at radius 3 is 2.67 bits per heavy atom. The average molecular weight is 249 g/mol. The van der Waals surface area contributed by atoms with Crippen molar-refractivity contribution >= 4 is 0 Å². The first kappa shape index (κ1) is 12.2. The van der Waals surface area contributed by atoms with E-state index in [0.29, 0.717) is 0 Å². The fraction of sp³-hybridized carbons (Fsp3) is 0.857. The molecule has 1 atom stereocenters. The van der Waals surface area contributed by atoms with Gasteiger partial charge in [-0.05, 0) is 31.7 Å². The van der Waals surface area contributed by atoms with E-state index in [9.17, 15) is 0 Å². The Balaban J connectivity index is 1.53. The van der Waals surface area contributed by atoms with Gasteiger partial charge in [0, 0.05) is 13.1 Å². The summed E-state index contributed by atoms with van der Waals surface area (Å²) in [6, 6.07) is 0. The lowest BCUT2D eigenvalue weighted by Gasteiger charge is -2.27. The number of rotatable bonds is 3. The van der Waals surface area contributed by atoms with Gasteiger partial charge in [0.1, 0.15) is 11.4 Å². The number of likely N-dealkylation sites (tertiary alicyclic amines) is 1. The lowest BCUT2D eigenvalue weighted by atomic mass is 9.80. The number of aryl methyl sites for hydroxylation is 1. The van der Waals surface area contributed by atoms with Gasteiger partial charge in [0.05, 0.1) is 0 Å². The fourth-order valence-corrected chi connectivity index (χ4v) is 3.60. The van der Waals surface area contributed by atoms with Crippen molar-refractivity contribution < 1.29 is 4.63 Å². The Hall–Kier alpha value is -0.900. The Morgan fingerprint density at radius 1 is 1.11 bits per heavy atom. The smallest absolute Gasteiger partial charge is 0.122 e. The minimum atomic E-state index is 0.915. The van der Waals surface area contributed by atoms with Crippen LogP contribution in [0.15, 0.2) is 4.63 Å². The van der Waals surface area contributed by atoms with Crippen LogP contribution in [0.25, 0.3) is 0 Å². The fourth-order valence-electron chi connectivity index (χ4n) is 3.60. The van der Waals surface area contributed by atoms with E-state index in [2.05, 4.69) is 15.2 Å².